The molecule has 0 bridgehead atoms. The second-order valence-electron chi connectivity index (χ2n) is 5.10. The maximum atomic E-state index is 4.60. The van der Waals surface area contributed by atoms with Gasteiger partial charge in [0, 0.05) is 19.6 Å². The number of nitrogens with zero attached hydrogens (tertiary/aromatic N) is 4. The van der Waals surface area contributed by atoms with Gasteiger partial charge in [-0.3, -0.25) is 0 Å². The number of rotatable bonds is 5. The van der Waals surface area contributed by atoms with Crippen LogP contribution < -0.4 is 10.2 Å². The number of fused-ring (bicyclic) bond motifs is 1. The molecule has 104 valence electrons. The predicted octanol–water partition coefficient (Wildman–Crippen LogP) is 2.27. The molecular formula is C13H22N6. The fraction of sp³-hybridized carbons (Fsp3) is 0.615. The van der Waals surface area contributed by atoms with Crippen molar-refractivity contribution in [3.63, 3.8) is 0 Å². The third-order valence-electron chi connectivity index (χ3n) is 3.51. The lowest BCUT2D eigenvalue weighted by atomic mass is 10.1. The van der Waals surface area contributed by atoms with Crippen molar-refractivity contribution in [1.82, 2.24) is 19.9 Å². The van der Waals surface area contributed by atoms with Crippen molar-refractivity contribution in [2.24, 2.45) is 5.92 Å². The van der Waals surface area contributed by atoms with Crippen molar-refractivity contribution in [1.29, 1.82) is 0 Å². The van der Waals surface area contributed by atoms with E-state index < -0.39 is 0 Å². The van der Waals surface area contributed by atoms with E-state index in [2.05, 4.69) is 58.0 Å². The van der Waals surface area contributed by atoms with Crippen LogP contribution in [0, 0.1) is 5.92 Å². The van der Waals surface area contributed by atoms with Gasteiger partial charge in [0.2, 0.25) is 5.95 Å². The SMILES string of the molecule is CCNc1nc(N(C)C(C)C(C)C)c2[nH]cnc2n1. The standard InChI is InChI=1S/C13H22N6/c1-6-14-13-17-11-10(15-7-16-11)12(18-13)19(5)9(4)8(2)3/h7-9H,6H2,1-5H3,(H2,14,15,16,17,18). The highest BCUT2D eigenvalue weighted by atomic mass is 15.2. The van der Waals surface area contributed by atoms with Crippen LogP contribution in [0.3, 0.4) is 0 Å². The van der Waals surface area contributed by atoms with Crippen LogP contribution in [0.2, 0.25) is 0 Å². The summed E-state index contributed by atoms with van der Waals surface area (Å²) in [6.07, 6.45) is 1.66. The van der Waals surface area contributed by atoms with Crippen LogP contribution in [0.1, 0.15) is 27.7 Å². The molecule has 0 amide bonds. The average Bonchev–Trinajstić information content (AvgIpc) is 2.84. The Morgan fingerprint density at radius 2 is 2.05 bits per heavy atom. The van der Waals surface area contributed by atoms with Gasteiger partial charge in [0.15, 0.2) is 11.5 Å². The normalized spacial score (nSPS) is 12.9. The summed E-state index contributed by atoms with van der Waals surface area (Å²) < 4.78 is 0. The molecular weight excluding hydrogens is 240 g/mol. The van der Waals surface area contributed by atoms with Gasteiger partial charge in [-0.2, -0.15) is 9.97 Å². The number of imidazole rings is 1. The molecule has 2 rings (SSSR count). The Balaban J connectivity index is 2.47. The summed E-state index contributed by atoms with van der Waals surface area (Å²) in [5.41, 5.74) is 1.58. The van der Waals surface area contributed by atoms with Crippen LogP contribution >= 0.6 is 0 Å². The highest BCUT2D eigenvalue weighted by Gasteiger charge is 2.19. The first-order valence-corrected chi connectivity index (χ1v) is 6.72. The molecule has 0 aliphatic rings. The van der Waals surface area contributed by atoms with E-state index in [9.17, 15) is 0 Å². The number of H-pyrrole nitrogens is 1. The molecule has 2 N–H and O–H groups in total. The minimum absolute atomic E-state index is 0.385. The molecule has 0 spiro atoms. The highest BCUT2D eigenvalue weighted by molar-refractivity contribution is 5.84. The molecule has 19 heavy (non-hydrogen) atoms. The van der Waals surface area contributed by atoms with E-state index in [1.54, 1.807) is 6.33 Å². The summed E-state index contributed by atoms with van der Waals surface area (Å²) in [5, 5.41) is 3.15. The van der Waals surface area contributed by atoms with E-state index in [-0.39, 0.29) is 0 Å². The van der Waals surface area contributed by atoms with Gasteiger partial charge < -0.3 is 15.2 Å². The molecule has 0 aliphatic carbocycles. The predicted molar refractivity (Wildman–Crippen MR) is 78.6 cm³/mol. The van der Waals surface area contributed by atoms with Gasteiger partial charge >= 0.3 is 0 Å². The van der Waals surface area contributed by atoms with Crippen LogP contribution in [0.4, 0.5) is 11.8 Å². The van der Waals surface area contributed by atoms with E-state index >= 15 is 0 Å². The van der Waals surface area contributed by atoms with Crippen molar-refractivity contribution in [2.45, 2.75) is 33.7 Å². The average molecular weight is 262 g/mol. The fourth-order valence-electron chi connectivity index (χ4n) is 1.95. The molecule has 6 nitrogen and oxygen atoms in total. The van der Waals surface area contributed by atoms with E-state index in [1.165, 1.54) is 0 Å². The number of hydrogen-bond acceptors (Lipinski definition) is 5. The minimum Gasteiger partial charge on any atom is -0.355 e. The summed E-state index contributed by atoms with van der Waals surface area (Å²) in [5.74, 6) is 2.06. The molecule has 2 aromatic heterocycles. The zero-order valence-electron chi connectivity index (χ0n) is 12.2. The molecule has 2 heterocycles. The van der Waals surface area contributed by atoms with Gasteiger partial charge in [-0.1, -0.05) is 13.8 Å². The largest absolute Gasteiger partial charge is 0.355 e. The van der Waals surface area contributed by atoms with Gasteiger partial charge in [-0.25, -0.2) is 4.98 Å². The molecule has 0 fully saturated rings. The van der Waals surface area contributed by atoms with Crippen molar-refractivity contribution < 1.29 is 0 Å². The summed E-state index contributed by atoms with van der Waals surface area (Å²) in [6.45, 7) is 9.42. The molecule has 0 aliphatic heterocycles. The van der Waals surface area contributed by atoms with Gasteiger partial charge in [0.1, 0.15) is 5.52 Å². The lowest BCUT2D eigenvalue weighted by molar-refractivity contribution is 0.503. The van der Waals surface area contributed by atoms with Crippen LogP contribution in [-0.2, 0) is 0 Å². The number of aromatic nitrogens is 4. The lowest BCUT2D eigenvalue weighted by Gasteiger charge is -2.29. The molecule has 2 aromatic rings. The Morgan fingerprint density at radius 3 is 2.68 bits per heavy atom. The first kappa shape index (κ1) is 13.6. The number of aromatic amines is 1. The number of anilines is 2. The third kappa shape index (κ3) is 2.62. The van der Waals surface area contributed by atoms with E-state index in [0.29, 0.717) is 23.6 Å². The number of nitrogens with one attached hydrogen (secondary N) is 2. The zero-order valence-corrected chi connectivity index (χ0v) is 12.2. The van der Waals surface area contributed by atoms with Crippen molar-refractivity contribution >= 4 is 22.9 Å². The first-order valence-electron chi connectivity index (χ1n) is 6.72. The molecule has 0 saturated carbocycles. The number of hydrogen-bond donors (Lipinski definition) is 2. The molecule has 0 radical (unpaired) electrons. The monoisotopic (exact) mass is 262 g/mol. The highest BCUT2D eigenvalue weighted by Crippen LogP contribution is 2.25. The molecule has 1 unspecified atom stereocenters. The van der Waals surface area contributed by atoms with E-state index in [0.717, 1.165) is 17.9 Å². The first-order chi connectivity index (χ1) is 9.04. The van der Waals surface area contributed by atoms with Gasteiger partial charge in [-0.05, 0) is 19.8 Å². The molecule has 6 heteroatoms. The van der Waals surface area contributed by atoms with Crippen molar-refractivity contribution in [3.05, 3.63) is 6.33 Å². The Hall–Kier alpha value is -1.85. The van der Waals surface area contributed by atoms with Crippen LogP contribution in [0.25, 0.3) is 11.2 Å². The Morgan fingerprint density at radius 1 is 1.32 bits per heavy atom. The maximum Gasteiger partial charge on any atom is 0.226 e. The Kier molecular flexibility index (Phi) is 3.87. The fourth-order valence-corrected chi connectivity index (χ4v) is 1.95. The second-order valence-corrected chi connectivity index (χ2v) is 5.10. The smallest absolute Gasteiger partial charge is 0.226 e. The van der Waals surface area contributed by atoms with E-state index in [4.69, 9.17) is 0 Å². The van der Waals surface area contributed by atoms with Crippen molar-refractivity contribution in [3.8, 4) is 0 Å². The summed E-state index contributed by atoms with van der Waals surface area (Å²) in [4.78, 5) is 18.5. The second kappa shape index (κ2) is 5.42. The minimum atomic E-state index is 0.385. The molecule has 0 saturated heterocycles. The Labute approximate surface area is 113 Å². The Bertz CT molecular complexity index is 547. The summed E-state index contributed by atoms with van der Waals surface area (Å²) >= 11 is 0. The van der Waals surface area contributed by atoms with Crippen molar-refractivity contribution in [2.75, 3.05) is 23.8 Å². The summed E-state index contributed by atoms with van der Waals surface area (Å²) in [6, 6.07) is 0.385. The third-order valence-corrected chi connectivity index (χ3v) is 3.51. The van der Waals surface area contributed by atoms with Gasteiger partial charge in [-0.15, -0.1) is 0 Å². The lowest BCUT2D eigenvalue weighted by Crippen LogP contribution is -2.34. The van der Waals surface area contributed by atoms with Crippen LogP contribution in [0.5, 0.6) is 0 Å². The van der Waals surface area contributed by atoms with E-state index in [1.807, 2.05) is 6.92 Å². The topological polar surface area (TPSA) is 69.7 Å². The van der Waals surface area contributed by atoms with Crippen LogP contribution in [-0.4, -0.2) is 39.6 Å². The zero-order chi connectivity index (χ0) is 14.0. The van der Waals surface area contributed by atoms with Gasteiger partial charge in [0.25, 0.3) is 0 Å². The van der Waals surface area contributed by atoms with Crippen LogP contribution in [0.15, 0.2) is 6.33 Å². The quantitative estimate of drug-likeness (QED) is 0.865. The molecule has 0 aromatic carbocycles. The molecule has 1 atom stereocenters. The maximum absolute atomic E-state index is 4.60. The van der Waals surface area contributed by atoms with Gasteiger partial charge in [0.05, 0.1) is 6.33 Å². The summed E-state index contributed by atoms with van der Waals surface area (Å²) in [7, 11) is 2.06.